The fraction of sp³-hybridized carbons (Fsp3) is 0.643. The van der Waals surface area contributed by atoms with Crippen LogP contribution in [0.3, 0.4) is 0 Å². The number of aromatic nitrogens is 1. The molecule has 102 valence electrons. The third-order valence-electron chi connectivity index (χ3n) is 2.51. The van der Waals surface area contributed by atoms with Crippen molar-refractivity contribution < 1.29 is 9.47 Å². The zero-order valence-corrected chi connectivity index (χ0v) is 12.3. The summed E-state index contributed by atoms with van der Waals surface area (Å²) in [6.45, 7) is 9.41. The number of hydrogen-bond acceptors (Lipinski definition) is 3. The summed E-state index contributed by atoms with van der Waals surface area (Å²) in [5, 5.41) is 0. The molecule has 0 bridgehead atoms. The fourth-order valence-corrected chi connectivity index (χ4v) is 1.69. The van der Waals surface area contributed by atoms with E-state index in [1.165, 1.54) is 0 Å². The minimum atomic E-state index is -0.0111. The van der Waals surface area contributed by atoms with Gasteiger partial charge in [0.05, 0.1) is 6.61 Å². The number of halogens is 1. The normalized spacial score (nSPS) is 12.8. The van der Waals surface area contributed by atoms with Crippen molar-refractivity contribution >= 4 is 11.6 Å². The lowest BCUT2D eigenvalue weighted by molar-refractivity contribution is 0.0632. The fourth-order valence-electron chi connectivity index (χ4n) is 1.54. The first-order valence-corrected chi connectivity index (χ1v) is 6.91. The van der Waals surface area contributed by atoms with Gasteiger partial charge in [-0.05, 0) is 31.4 Å². The SMILES string of the molecule is CCOCC(C)Oc1cc(CCl)cc(C(C)C)n1. The molecular formula is C14H22ClNO2. The molecule has 3 nitrogen and oxygen atoms in total. The first-order valence-electron chi connectivity index (χ1n) is 6.38. The predicted octanol–water partition coefficient (Wildman–Crippen LogP) is 3.75. The van der Waals surface area contributed by atoms with Crippen LogP contribution in [-0.4, -0.2) is 24.3 Å². The van der Waals surface area contributed by atoms with Gasteiger partial charge in [-0.3, -0.25) is 0 Å². The first-order chi connectivity index (χ1) is 8.56. The Morgan fingerprint density at radius 2 is 2.00 bits per heavy atom. The Morgan fingerprint density at radius 3 is 2.56 bits per heavy atom. The highest BCUT2D eigenvalue weighted by Gasteiger charge is 2.10. The average Bonchev–Trinajstić information content (AvgIpc) is 2.35. The summed E-state index contributed by atoms with van der Waals surface area (Å²) in [5.41, 5.74) is 2.04. The minimum Gasteiger partial charge on any atom is -0.472 e. The topological polar surface area (TPSA) is 31.4 Å². The van der Waals surface area contributed by atoms with Gasteiger partial charge in [0.1, 0.15) is 6.10 Å². The summed E-state index contributed by atoms with van der Waals surface area (Å²) in [4.78, 5) is 4.49. The molecule has 1 unspecified atom stereocenters. The van der Waals surface area contributed by atoms with Gasteiger partial charge < -0.3 is 9.47 Å². The molecule has 0 aromatic carbocycles. The Labute approximate surface area is 114 Å². The molecule has 0 aliphatic rings. The van der Waals surface area contributed by atoms with E-state index in [2.05, 4.69) is 18.8 Å². The van der Waals surface area contributed by atoms with Gasteiger partial charge in [-0.2, -0.15) is 0 Å². The summed E-state index contributed by atoms with van der Waals surface area (Å²) in [6.07, 6.45) is -0.0111. The summed E-state index contributed by atoms with van der Waals surface area (Å²) >= 11 is 5.89. The van der Waals surface area contributed by atoms with Gasteiger partial charge in [-0.1, -0.05) is 13.8 Å². The van der Waals surface area contributed by atoms with Crippen LogP contribution in [0.15, 0.2) is 12.1 Å². The van der Waals surface area contributed by atoms with Crippen molar-refractivity contribution in [1.29, 1.82) is 0 Å². The Hall–Kier alpha value is -0.800. The van der Waals surface area contributed by atoms with Crippen molar-refractivity contribution in [2.75, 3.05) is 13.2 Å². The van der Waals surface area contributed by atoms with Gasteiger partial charge in [0, 0.05) is 24.2 Å². The smallest absolute Gasteiger partial charge is 0.214 e. The van der Waals surface area contributed by atoms with Crippen LogP contribution < -0.4 is 4.74 Å². The number of nitrogens with zero attached hydrogens (tertiary/aromatic N) is 1. The first kappa shape index (κ1) is 15.3. The third-order valence-corrected chi connectivity index (χ3v) is 2.81. The quantitative estimate of drug-likeness (QED) is 0.708. The molecule has 0 saturated heterocycles. The van der Waals surface area contributed by atoms with Crippen LogP contribution in [-0.2, 0) is 10.6 Å². The number of alkyl halides is 1. The number of pyridine rings is 1. The molecular weight excluding hydrogens is 250 g/mol. The van der Waals surface area contributed by atoms with Gasteiger partial charge in [-0.15, -0.1) is 11.6 Å². The van der Waals surface area contributed by atoms with Crippen molar-refractivity contribution in [1.82, 2.24) is 4.98 Å². The van der Waals surface area contributed by atoms with Gasteiger partial charge in [-0.25, -0.2) is 4.98 Å². The molecule has 0 spiro atoms. The molecule has 1 aromatic rings. The standard InChI is InChI=1S/C14H22ClNO2/c1-5-17-9-11(4)18-14-7-12(8-15)6-13(16-14)10(2)3/h6-7,10-11H,5,8-9H2,1-4H3. The zero-order valence-electron chi connectivity index (χ0n) is 11.6. The Bertz CT molecular complexity index is 369. The van der Waals surface area contributed by atoms with E-state index in [4.69, 9.17) is 21.1 Å². The van der Waals surface area contributed by atoms with Crippen LogP contribution in [0.5, 0.6) is 5.88 Å². The third kappa shape index (κ3) is 4.83. The molecule has 1 heterocycles. The highest BCUT2D eigenvalue weighted by atomic mass is 35.5. The second-order valence-electron chi connectivity index (χ2n) is 4.61. The van der Waals surface area contributed by atoms with E-state index in [-0.39, 0.29) is 6.10 Å². The molecule has 4 heteroatoms. The summed E-state index contributed by atoms with van der Waals surface area (Å²) in [6, 6.07) is 3.92. The van der Waals surface area contributed by atoms with Crippen LogP contribution in [0.25, 0.3) is 0 Å². The van der Waals surface area contributed by atoms with Crippen molar-refractivity contribution in [2.45, 2.75) is 45.6 Å². The van der Waals surface area contributed by atoms with E-state index in [0.717, 1.165) is 11.3 Å². The van der Waals surface area contributed by atoms with Crippen LogP contribution in [0, 0.1) is 0 Å². The molecule has 1 rings (SSSR count). The predicted molar refractivity (Wildman–Crippen MR) is 74.5 cm³/mol. The monoisotopic (exact) mass is 271 g/mol. The number of ether oxygens (including phenoxy) is 2. The molecule has 18 heavy (non-hydrogen) atoms. The average molecular weight is 272 g/mol. The molecule has 1 atom stereocenters. The Kier molecular flexibility index (Phi) is 6.44. The van der Waals surface area contributed by atoms with Crippen molar-refractivity contribution in [2.24, 2.45) is 0 Å². The maximum absolute atomic E-state index is 5.89. The van der Waals surface area contributed by atoms with Gasteiger partial charge in [0.25, 0.3) is 0 Å². The molecule has 0 aliphatic heterocycles. The Balaban J connectivity index is 2.77. The molecule has 0 fully saturated rings. The molecule has 0 N–H and O–H groups in total. The molecule has 1 aromatic heterocycles. The zero-order chi connectivity index (χ0) is 13.5. The van der Waals surface area contributed by atoms with Crippen LogP contribution >= 0.6 is 11.6 Å². The molecule has 0 amide bonds. The highest BCUT2D eigenvalue weighted by Crippen LogP contribution is 2.20. The van der Waals surface area contributed by atoms with Gasteiger partial charge >= 0.3 is 0 Å². The highest BCUT2D eigenvalue weighted by molar-refractivity contribution is 6.17. The largest absolute Gasteiger partial charge is 0.472 e. The van der Waals surface area contributed by atoms with Crippen molar-refractivity contribution in [3.05, 3.63) is 23.4 Å². The van der Waals surface area contributed by atoms with Crippen LogP contribution in [0.4, 0.5) is 0 Å². The van der Waals surface area contributed by atoms with Gasteiger partial charge in [0.15, 0.2) is 0 Å². The van der Waals surface area contributed by atoms with Gasteiger partial charge in [0.2, 0.25) is 5.88 Å². The number of hydrogen-bond donors (Lipinski definition) is 0. The van der Waals surface area contributed by atoms with Crippen LogP contribution in [0.2, 0.25) is 0 Å². The summed E-state index contributed by atoms with van der Waals surface area (Å²) in [7, 11) is 0. The lowest BCUT2D eigenvalue weighted by Gasteiger charge is -2.16. The second kappa shape index (κ2) is 7.59. The lowest BCUT2D eigenvalue weighted by Crippen LogP contribution is -2.20. The van der Waals surface area contributed by atoms with E-state index >= 15 is 0 Å². The minimum absolute atomic E-state index is 0.0111. The van der Waals surface area contributed by atoms with E-state index in [1.54, 1.807) is 0 Å². The maximum atomic E-state index is 5.89. The van der Waals surface area contributed by atoms with E-state index in [1.807, 2.05) is 26.0 Å². The van der Waals surface area contributed by atoms with E-state index in [9.17, 15) is 0 Å². The molecule has 0 radical (unpaired) electrons. The van der Waals surface area contributed by atoms with Crippen LogP contribution in [0.1, 0.15) is 44.9 Å². The summed E-state index contributed by atoms with van der Waals surface area (Å²) < 4.78 is 11.1. The van der Waals surface area contributed by atoms with Crippen molar-refractivity contribution in [3.63, 3.8) is 0 Å². The van der Waals surface area contributed by atoms with E-state index in [0.29, 0.717) is 30.9 Å². The van der Waals surface area contributed by atoms with Crippen molar-refractivity contribution in [3.8, 4) is 5.88 Å². The molecule has 0 saturated carbocycles. The summed E-state index contributed by atoms with van der Waals surface area (Å²) in [5.74, 6) is 1.46. The second-order valence-corrected chi connectivity index (χ2v) is 4.88. The van der Waals surface area contributed by atoms with E-state index < -0.39 is 0 Å². The number of rotatable bonds is 7. The maximum Gasteiger partial charge on any atom is 0.214 e. The Morgan fingerprint density at radius 1 is 1.28 bits per heavy atom. The molecule has 0 aliphatic carbocycles. The lowest BCUT2D eigenvalue weighted by atomic mass is 10.1.